The molecular weight excluding hydrogens is 219 g/mol. The molecule has 0 aromatic rings. The summed E-state index contributed by atoms with van der Waals surface area (Å²) in [5, 5.41) is 9.20. The normalized spacial score (nSPS) is 28.2. The Hall–Kier alpha value is -0.430. The highest BCUT2D eigenvalue weighted by molar-refractivity contribution is 7.81. The summed E-state index contributed by atoms with van der Waals surface area (Å²) >= 11 is 3.67. The maximum atomic E-state index is 12.3. The molecular formula is C7H10F3NO2S. The van der Waals surface area contributed by atoms with Crippen LogP contribution in [0.1, 0.15) is 6.42 Å². The minimum atomic E-state index is -4.68. The molecule has 0 aromatic heterocycles. The molecule has 1 rings (SSSR count). The molecule has 7 heteroatoms. The maximum Gasteiger partial charge on any atom is 0.419 e. The molecule has 1 atom stereocenters. The van der Waals surface area contributed by atoms with E-state index in [1.54, 1.807) is 0 Å². The van der Waals surface area contributed by atoms with Crippen molar-refractivity contribution in [3.63, 3.8) is 0 Å². The van der Waals surface area contributed by atoms with Gasteiger partial charge >= 0.3 is 6.18 Å². The number of rotatable bonds is 1. The zero-order valence-electron chi connectivity index (χ0n) is 7.21. The molecule has 0 bridgehead atoms. The lowest BCUT2D eigenvalue weighted by Crippen LogP contribution is -2.48. The highest BCUT2D eigenvalue weighted by Crippen LogP contribution is 2.37. The lowest BCUT2D eigenvalue weighted by molar-refractivity contribution is -0.253. The van der Waals surface area contributed by atoms with E-state index in [-0.39, 0.29) is 12.3 Å². The number of carbonyl (C=O) groups is 1. The van der Waals surface area contributed by atoms with Crippen LogP contribution in [0.4, 0.5) is 13.2 Å². The smallest absolute Gasteiger partial charge is 0.379 e. The second-order valence-electron chi connectivity index (χ2n) is 3.25. The largest absolute Gasteiger partial charge is 0.419 e. The topological polar surface area (TPSA) is 40.5 Å². The fraction of sp³-hybridized carbons (Fsp3) is 0.857. The minimum absolute atomic E-state index is 0.0740. The van der Waals surface area contributed by atoms with Crippen molar-refractivity contribution in [1.29, 1.82) is 0 Å². The van der Waals surface area contributed by atoms with Crippen molar-refractivity contribution in [2.75, 3.05) is 18.8 Å². The molecule has 1 saturated heterocycles. The van der Waals surface area contributed by atoms with E-state index < -0.39 is 30.7 Å². The molecule has 3 nitrogen and oxygen atoms in total. The Bertz CT molecular complexity index is 246. The van der Waals surface area contributed by atoms with E-state index in [0.717, 1.165) is 4.90 Å². The molecule has 82 valence electrons. The van der Waals surface area contributed by atoms with Crippen molar-refractivity contribution < 1.29 is 23.1 Å². The van der Waals surface area contributed by atoms with E-state index in [1.807, 2.05) is 0 Å². The minimum Gasteiger partial charge on any atom is -0.379 e. The molecule has 1 aliphatic heterocycles. The van der Waals surface area contributed by atoms with E-state index in [4.69, 9.17) is 0 Å². The van der Waals surface area contributed by atoms with Crippen molar-refractivity contribution in [2.24, 2.45) is 0 Å². The van der Waals surface area contributed by atoms with Crippen LogP contribution < -0.4 is 0 Å². The van der Waals surface area contributed by atoms with Gasteiger partial charge in [-0.05, 0) is 0 Å². The van der Waals surface area contributed by atoms with Crippen LogP contribution in [0.25, 0.3) is 0 Å². The van der Waals surface area contributed by atoms with E-state index in [1.165, 1.54) is 0 Å². The van der Waals surface area contributed by atoms with Crippen molar-refractivity contribution in [1.82, 2.24) is 4.90 Å². The Morgan fingerprint density at radius 2 is 2.14 bits per heavy atom. The zero-order chi connectivity index (χ0) is 11.0. The predicted molar refractivity (Wildman–Crippen MR) is 46.1 cm³/mol. The molecule has 0 aliphatic carbocycles. The summed E-state index contributed by atoms with van der Waals surface area (Å²) in [6, 6.07) is 0. The Labute approximate surface area is 84.3 Å². The van der Waals surface area contributed by atoms with Crippen LogP contribution in [0.3, 0.4) is 0 Å². The summed E-state index contributed by atoms with van der Waals surface area (Å²) < 4.78 is 36.8. The number of halogens is 3. The van der Waals surface area contributed by atoms with Gasteiger partial charge in [0.2, 0.25) is 5.91 Å². The van der Waals surface area contributed by atoms with Crippen LogP contribution in [-0.2, 0) is 4.79 Å². The number of alkyl halides is 3. The number of β-amino-alcohol motifs (C(OH)–C–C–N with tert-alkyl or cyclic N) is 1. The van der Waals surface area contributed by atoms with Gasteiger partial charge in [0.1, 0.15) is 0 Å². The first-order valence-electron chi connectivity index (χ1n) is 3.98. The second kappa shape index (κ2) is 3.62. The van der Waals surface area contributed by atoms with Crippen LogP contribution >= 0.6 is 12.6 Å². The Morgan fingerprint density at radius 1 is 1.57 bits per heavy atom. The van der Waals surface area contributed by atoms with E-state index in [9.17, 15) is 23.1 Å². The first-order valence-corrected chi connectivity index (χ1v) is 4.61. The first-order chi connectivity index (χ1) is 6.30. The lowest BCUT2D eigenvalue weighted by atomic mass is 10.0. The van der Waals surface area contributed by atoms with Gasteiger partial charge in [0.25, 0.3) is 0 Å². The van der Waals surface area contributed by atoms with Gasteiger partial charge in [-0.3, -0.25) is 4.79 Å². The molecule has 1 unspecified atom stereocenters. The number of likely N-dealkylation sites (tertiary alicyclic amines) is 1. The third-order valence-electron chi connectivity index (χ3n) is 2.26. The highest BCUT2D eigenvalue weighted by Gasteiger charge is 2.57. The predicted octanol–water partition coefficient (Wildman–Crippen LogP) is 0.442. The zero-order valence-corrected chi connectivity index (χ0v) is 8.11. The number of amides is 1. The van der Waals surface area contributed by atoms with Gasteiger partial charge in [0.15, 0.2) is 5.60 Å². The number of hydrogen-bond acceptors (Lipinski definition) is 3. The van der Waals surface area contributed by atoms with Crippen molar-refractivity contribution in [3.8, 4) is 0 Å². The quantitative estimate of drug-likeness (QED) is 0.641. The third-order valence-corrected chi connectivity index (χ3v) is 2.53. The van der Waals surface area contributed by atoms with Crippen molar-refractivity contribution >= 4 is 18.5 Å². The second-order valence-corrected chi connectivity index (χ2v) is 3.57. The van der Waals surface area contributed by atoms with Gasteiger partial charge in [-0.15, -0.1) is 0 Å². The van der Waals surface area contributed by atoms with Crippen LogP contribution in [0, 0.1) is 0 Å². The molecule has 1 N–H and O–H groups in total. The van der Waals surface area contributed by atoms with Crippen LogP contribution in [0.5, 0.6) is 0 Å². The van der Waals surface area contributed by atoms with Gasteiger partial charge < -0.3 is 10.0 Å². The standard InChI is InChI=1S/C7H10F3NO2S/c8-7(9,10)6(13)1-2-11(4-6)5(12)3-14/h13-14H,1-4H2. The molecule has 1 amide bonds. The van der Waals surface area contributed by atoms with E-state index >= 15 is 0 Å². The van der Waals surface area contributed by atoms with Gasteiger partial charge in [-0.1, -0.05) is 0 Å². The molecule has 0 aromatic carbocycles. The summed E-state index contributed by atoms with van der Waals surface area (Å²) in [5.41, 5.74) is -2.74. The molecule has 0 saturated carbocycles. The average Bonchev–Trinajstić information content (AvgIpc) is 2.47. The van der Waals surface area contributed by atoms with Crippen molar-refractivity contribution in [2.45, 2.75) is 18.2 Å². The lowest BCUT2D eigenvalue weighted by Gasteiger charge is -2.25. The number of hydrogen-bond donors (Lipinski definition) is 2. The Morgan fingerprint density at radius 3 is 2.50 bits per heavy atom. The molecule has 0 spiro atoms. The monoisotopic (exact) mass is 229 g/mol. The van der Waals surface area contributed by atoms with Crippen molar-refractivity contribution in [3.05, 3.63) is 0 Å². The average molecular weight is 229 g/mol. The number of thiol groups is 1. The van der Waals surface area contributed by atoms with Gasteiger partial charge in [0.05, 0.1) is 12.3 Å². The van der Waals surface area contributed by atoms with Crippen LogP contribution in [-0.4, -0.2) is 46.5 Å². The molecule has 1 heterocycles. The fourth-order valence-corrected chi connectivity index (χ4v) is 1.54. The number of nitrogens with zero attached hydrogens (tertiary/aromatic N) is 1. The van der Waals surface area contributed by atoms with E-state index in [0.29, 0.717) is 0 Å². The third kappa shape index (κ3) is 1.98. The molecule has 0 radical (unpaired) electrons. The van der Waals surface area contributed by atoms with Gasteiger partial charge in [-0.25, -0.2) is 0 Å². The fourth-order valence-electron chi connectivity index (χ4n) is 1.34. The maximum absolute atomic E-state index is 12.3. The Balaban J connectivity index is 2.69. The Kier molecular flexibility index (Phi) is 3.01. The highest BCUT2D eigenvalue weighted by atomic mass is 32.1. The summed E-state index contributed by atoms with van der Waals surface area (Å²) in [6.45, 7) is -0.759. The summed E-state index contributed by atoms with van der Waals surface area (Å²) in [7, 11) is 0. The summed E-state index contributed by atoms with van der Waals surface area (Å²) in [5.74, 6) is -0.637. The van der Waals surface area contributed by atoms with E-state index in [2.05, 4.69) is 12.6 Å². The first kappa shape index (κ1) is 11.6. The molecule has 1 aliphatic rings. The molecule has 14 heavy (non-hydrogen) atoms. The van der Waals surface area contributed by atoms with Gasteiger partial charge in [0, 0.05) is 13.0 Å². The summed E-state index contributed by atoms with van der Waals surface area (Å²) in [4.78, 5) is 12.0. The van der Waals surface area contributed by atoms with Gasteiger partial charge in [-0.2, -0.15) is 25.8 Å². The molecule has 1 fully saturated rings. The SMILES string of the molecule is O=C(CS)N1CCC(O)(C(F)(F)F)C1. The summed E-state index contributed by atoms with van der Waals surface area (Å²) in [6.07, 6.45) is -5.14. The number of aliphatic hydroxyl groups is 1. The van der Waals surface area contributed by atoms with Crippen LogP contribution in [0.15, 0.2) is 0 Å². The van der Waals surface area contributed by atoms with Crippen LogP contribution in [0.2, 0.25) is 0 Å². The number of carbonyl (C=O) groups excluding carboxylic acids is 1.